The summed E-state index contributed by atoms with van der Waals surface area (Å²) in [6, 6.07) is 4.06. The van der Waals surface area contributed by atoms with Crippen molar-refractivity contribution in [2.75, 3.05) is 6.61 Å². The van der Waals surface area contributed by atoms with Crippen LogP contribution in [0.4, 0.5) is 0 Å². The second-order valence-corrected chi connectivity index (χ2v) is 6.00. The van der Waals surface area contributed by atoms with Crippen LogP contribution in [-0.2, 0) is 22.6 Å². The lowest BCUT2D eigenvalue weighted by Crippen LogP contribution is -2.60. The van der Waals surface area contributed by atoms with E-state index in [1.54, 1.807) is 12.1 Å². The summed E-state index contributed by atoms with van der Waals surface area (Å²) in [5.74, 6) is -1.71. The SMILES string of the molecule is O=C1CCC([N+]2([O-])Cc3c(CCCO)cccc3C2=O)C(=O)N1. The van der Waals surface area contributed by atoms with Crippen molar-refractivity contribution in [3.8, 4) is 0 Å². The Balaban J connectivity index is 1.93. The van der Waals surface area contributed by atoms with Crippen molar-refractivity contribution >= 4 is 17.7 Å². The summed E-state index contributed by atoms with van der Waals surface area (Å²) in [6.07, 6.45) is 1.27. The smallest absolute Gasteiger partial charge is 0.347 e. The molecule has 2 N–H and O–H groups in total. The Morgan fingerprint density at radius 2 is 2.09 bits per heavy atom. The third kappa shape index (κ3) is 2.56. The van der Waals surface area contributed by atoms with Crippen molar-refractivity contribution in [2.45, 2.75) is 38.3 Å². The summed E-state index contributed by atoms with van der Waals surface area (Å²) in [6.45, 7) is -0.0653. The van der Waals surface area contributed by atoms with E-state index in [-0.39, 0.29) is 26.0 Å². The molecule has 1 saturated heterocycles. The number of piperidine rings is 1. The Hall–Kier alpha value is -2.09. The van der Waals surface area contributed by atoms with Crippen molar-refractivity contribution in [1.29, 1.82) is 0 Å². The molecule has 0 aliphatic carbocycles. The summed E-state index contributed by atoms with van der Waals surface area (Å²) in [5.41, 5.74) is 1.86. The fraction of sp³-hybridized carbons (Fsp3) is 0.438. The lowest BCUT2D eigenvalue weighted by atomic mass is 10.00. The van der Waals surface area contributed by atoms with Crippen LogP contribution < -0.4 is 5.32 Å². The minimum Gasteiger partial charge on any atom is -0.624 e. The van der Waals surface area contributed by atoms with Gasteiger partial charge in [-0.15, -0.1) is 0 Å². The van der Waals surface area contributed by atoms with Gasteiger partial charge in [0.05, 0.1) is 5.56 Å². The molecule has 3 amide bonds. The fourth-order valence-electron chi connectivity index (χ4n) is 3.37. The number of rotatable bonds is 4. The number of aliphatic hydroxyl groups excluding tert-OH is 1. The Labute approximate surface area is 133 Å². The number of hydroxylamine groups is 3. The fourth-order valence-corrected chi connectivity index (χ4v) is 3.37. The Kier molecular flexibility index (Phi) is 4.01. The number of aryl methyl sites for hydroxylation is 1. The number of nitrogens with zero attached hydrogens (tertiary/aromatic N) is 1. The van der Waals surface area contributed by atoms with Gasteiger partial charge in [-0.1, -0.05) is 12.1 Å². The van der Waals surface area contributed by atoms with Gasteiger partial charge < -0.3 is 10.3 Å². The Morgan fingerprint density at radius 1 is 1.30 bits per heavy atom. The number of nitrogens with one attached hydrogen (secondary N) is 1. The molecule has 0 aromatic heterocycles. The second kappa shape index (κ2) is 5.84. The van der Waals surface area contributed by atoms with Gasteiger partial charge in [-0.25, -0.2) is 4.79 Å². The number of benzene rings is 1. The van der Waals surface area contributed by atoms with Crippen LogP contribution in [0.3, 0.4) is 0 Å². The first-order valence-corrected chi connectivity index (χ1v) is 7.66. The molecule has 3 rings (SSSR count). The van der Waals surface area contributed by atoms with Crippen LogP contribution in [0.25, 0.3) is 0 Å². The van der Waals surface area contributed by atoms with Crippen LogP contribution in [-0.4, -0.2) is 40.1 Å². The Morgan fingerprint density at radius 3 is 2.78 bits per heavy atom. The highest BCUT2D eigenvalue weighted by Gasteiger charge is 2.49. The zero-order chi connectivity index (χ0) is 16.6. The molecule has 122 valence electrons. The predicted octanol–water partition coefficient (Wildman–Crippen LogP) is 0.385. The zero-order valence-electron chi connectivity index (χ0n) is 12.6. The van der Waals surface area contributed by atoms with E-state index in [0.717, 1.165) is 5.56 Å². The molecule has 0 spiro atoms. The molecule has 1 fully saturated rings. The van der Waals surface area contributed by atoms with E-state index in [1.807, 2.05) is 6.07 Å². The van der Waals surface area contributed by atoms with Gasteiger partial charge in [0.2, 0.25) is 5.91 Å². The van der Waals surface area contributed by atoms with Crippen LogP contribution in [0, 0.1) is 5.21 Å². The molecule has 2 aliphatic heterocycles. The van der Waals surface area contributed by atoms with Crippen molar-refractivity contribution in [2.24, 2.45) is 0 Å². The number of carbonyl (C=O) groups is 3. The van der Waals surface area contributed by atoms with E-state index in [0.29, 0.717) is 24.0 Å². The van der Waals surface area contributed by atoms with Gasteiger partial charge in [-0.2, -0.15) is 0 Å². The standard InChI is InChI=1S/C16H18N2O5/c19-8-2-4-10-3-1-5-11-12(10)9-18(23,16(11)22)13-6-7-14(20)17-15(13)21/h1,3,5,13,19H,2,4,6-9H2,(H,17,20,21). The van der Waals surface area contributed by atoms with Gasteiger partial charge in [-0.05, 0) is 24.5 Å². The third-order valence-electron chi connectivity index (χ3n) is 4.56. The van der Waals surface area contributed by atoms with E-state index in [4.69, 9.17) is 5.11 Å². The first-order chi connectivity index (χ1) is 11.0. The third-order valence-corrected chi connectivity index (χ3v) is 4.56. The minimum atomic E-state index is -1.26. The summed E-state index contributed by atoms with van der Waals surface area (Å²) in [5, 5.41) is 24.3. The number of imide groups is 1. The lowest BCUT2D eigenvalue weighted by molar-refractivity contribution is -0.825. The molecule has 2 aliphatic rings. The number of hydrogen-bond acceptors (Lipinski definition) is 5. The number of carbonyl (C=O) groups excluding carboxylic acids is 3. The molecule has 1 aromatic rings. The molecule has 0 saturated carbocycles. The maximum Gasteiger partial charge on any atom is 0.347 e. The normalized spacial score (nSPS) is 27.0. The summed E-state index contributed by atoms with van der Waals surface area (Å²) in [4.78, 5) is 35.9. The molecule has 2 unspecified atom stereocenters. The van der Waals surface area contributed by atoms with E-state index >= 15 is 0 Å². The van der Waals surface area contributed by atoms with Crippen molar-refractivity contribution in [3.63, 3.8) is 0 Å². The van der Waals surface area contributed by atoms with Gasteiger partial charge in [0.25, 0.3) is 5.91 Å². The highest BCUT2D eigenvalue weighted by molar-refractivity contribution is 6.02. The molecule has 0 bridgehead atoms. The molecule has 2 atom stereocenters. The van der Waals surface area contributed by atoms with Crippen LogP contribution in [0.1, 0.15) is 40.7 Å². The number of fused-ring (bicyclic) bond motifs is 1. The first kappa shape index (κ1) is 15.8. The topological polar surface area (TPSA) is 107 Å². The predicted molar refractivity (Wildman–Crippen MR) is 79.7 cm³/mol. The molecule has 0 radical (unpaired) electrons. The molecule has 1 aromatic carbocycles. The highest BCUT2D eigenvalue weighted by atomic mass is 16.6. The summed E-state index contributed by atoms with van der Waals surface area (Å²) < 4.78 is -1.26. The van der Waals surface area contributed by atoms with Crippen molar-refractivity contribution in [1.82, 2.24) is 5.32 Å². The van der Waals surface area contributed by atoms with E-state index < -0.39 is 28.4 Å². The Bertz CT molecular complexity index is 687. The van der Waals surface area contributed by atoms with E-state index in [2.05, 4.69) is 5.32 Å². The first-order valence-electron chi connectivity index (χ1n) is 7.66. The van der Waals surface area contributed by atoms with Crippen LogP contribution in [0.2, 0.25) is 0 Å². The molecule has 7 heteroatoms. The van der Waals surface area contributed by atoms with Crippen molar-refractivity contribution in [3.05, 3.63) is 40.1 Å². The molecular formula is C16H18N2O5. The molecule has 23 heavy (non-hydrogen) atoms. The molecule has 2 heterocycles. The molecular weight excluding hydrogens is 300 g/mol. The van der Waals surface area contributed by atoms with E-state index in [1.165, 1.54) is 0 Å². The quantitative estimate of drug-likeness (QED) is 0.474. The van der Waals surface area contributed by atoms with Crippen LogP contribution in [0.5, 0.6) is 0 Å². The van der Waals surface area contributed by atoms with Gasteiger partial charge in [-0.3, -0.25) is 19.6 Å². The monoisotopic (exact) mass is 318 g/mol. The number of hydrogen-bond donors (Lipinski definition) is 2. The highest BCUT2D eigenvalue weighted by Crippen LogP contribution is 2.36. The summed E-state index contributed by atoms with van der Waals surface area (Å²) in [7, 11) is 0. The summed E-state index contributed by atoms with van der Waals surface area (Å²) >= 11 is 0. The van der Waals surface area contributed by atoms with Crippen LogP contribution in [0.15, 0.2) is 18.2 Å². The van der Waals surface area contributed by atoms with Gasteiger partial charge in [0, 0.05) is 25.0 Å². The maximum atomic E-state index is 13.2. The second-order valence-electron chi connectivity index (χ2n) is 6.00. The average Bonchev–Trinajstić information content (AvgIpc) is 2.78. The number of amides is 3. The van der Waals surface area contributed by atoms with Crippen LogP contribution >= 0.6 is 0 Å². The average molecular weight is 318 g/mol. The number of quaternary nitrogens is 1. The van der Waals surface area contributed by atoms with Gasteiger partial charge in [0.1, 0.15) is 6.54 Å². The minimum absolute atomic E-state index is 0.0299. The van der Waals surface area contributed by atoms with Crippen molar-refractivity contribution < 1.29 is 24.1 Å². The number of aliphatic hydroxyl groups is 1. The van der Waals surface area contributed by atoms with Gasteiger partial charge >= 0.3 is 5.91 Å². The van der Waals surface area contributed by atoms with E-state index in [9.17, 15) is 19.6 Å². The van der Waals surface area contributed by atoms with Gasteiger partial charge in [0.15, 0.2) is 6.04 Å². The molecule has 7 nitrogen and oxygen atoms in total. The lowest BCUT2D eigenvalue weighted by Gasteiger charge is -2.42. The maximum absolute atomic E-state index is 13.2. The zero-order valence-corrected chi connectivity index (χ0v) is 12.6. The largest absolute Gasteiger partial charge is 0.624 e.